The number of anilines is 2. The van der Waals surface area contributed by atoms with Crippen molar-refractivity contribution < 1.29 is 0 Å². The molecule has 6 heteroatoms. The van der Waals surface area contributed by atoms with Gasteiger partial charge in [0, 0.05) is 41.4 Å². The lowest BCUT2D eigenvalue weighted by Gasteiger charge is -2.15. The van der Waals surface area contributed by atoms with Crippen LogP contribution < -0.4 is 11.1 Å². The number of pyridine rings is 1. The highest BCUT2D eigenvalue weighted by atomic mass is 15.1. The average molecular weight is 358 g/mol. The van der Waals surface area contributed by atoms with E-state index in [4.69, 9.17) is 5.73 Å². The van der Waals surface area contributed by atoms with Crippen LogP contribution in [0.3, 0.4) is 0 Å². The first-order chi connectivity index (χ1) is 13.3. The number of rotatable bonds is 4. The second kappa shape index (κ2) is 6.54. The van der Waals surface area contributed by atoms with E-state index in [1.807, 2.05) is 18.3 Å². The van der Waals surface area contributed by atoms with Crippen LogP contribution in [0.4, 0.5) is 11.5 Å². The molecule has 136 valence electrons. The molecule has 3 aromatic heterocycles. The van der Waals surface area contributed by atoms with E-state index in [9.17, 15) is 0 Å². The van der Waals surface area contributed by atoms with Crippen LogP contribution in [-0.4, -0.2) is 26.1 Å². The predicted octanol–water partition coefficient (Wildman–Crippen LogP) is 4.02. The number of hydrogen-bond donors (Lipinski definition) is 2. The molecule has 1 aromatic carbocycles. The number of nitrogen functional groups attached to an aromatic ring is 1. The summed E-state index contributed by atoms with van der Waals surface area (Å²) in [6.07, 6.45) is 9.25. The Labute approximate surface area is 157 Å². The van der Waals surface area contributed by atoms with Gasteiger partial charge in [0.2, 0.25) is 0 Å². The molecule has 27 heavy (non-hydrogen) atoms. The molecule has 6 nitrogen and oxygen atoms in total. The minimum absolute atomic E-state index is 0.516. The zero-order chi connectivity index (χ0) is 18.2. The van der Waals surface area contributed by atoms with Crippen molar-refractivity contribution in [3.05, 3.63) is 55.1 Å². The fourth-order valence-electron chi connectivity index (χ4n) is 4.18. The van der Waals surface area contributed by atoms with Crippen LogP contribution in [0.2, 0.25) is 0 Å². The van der Waals surface area contributed by atoms with Crippen LogP contribution in [0.5, 0.6) is 0 Å². The van der Waals surface area contributed by atoms with Gasteiger partial charge in [0.1, 0.15) is 17.8 Å². The molecule has 1 fully saturated rings. The summed E-state index contributed by atoms with van der Waals surface area (Å²) in [5, 5.41) is 5.81. The van der Waals surface area contributed by atoms with Crippen LogP contribution in [0, 0.1) is 5.92 Å². The van der Waals surface area contributed by atoms with Crippen molar-refractivity contribution >= 4 is 33.4 Å². The van der Waals surface area contributed by atoms with E-state index in [1.165, 1.54) is 19.3 Å². The average Bonchev–Trinajstić information content (AvgIpc) is 3.32. The minimum Gasteiger partial charge on any atom is -0.385 e. The number of hydrogen-bond acceptors (Lipinski definition) is 5. The molecule has 2 unspecified atom stereocenters. The number of nitrogens with zero attached hydrogens (tertiary/aromatic N) is 4. The Balaban J connectivity index is 1.26. The molecule has 1 aliphatic carbocycles. The minimum atomic E-state index is 0.516. The number of nitrogens with one attached hydrogen (secondary N) is 1. The van der Waals surface area contributed by atoms with Gasteiger partial charge in [-0.3, -0.25) is 0 Å². The lowest BCUT2D eigenvalue weighted by molar-refractivity contribution is 0.496. The first kappa shape index (κ1) is 16.1. The summed E-state index contributed by atoms with van der Waals surface area (Å²) < 4.78 is 2.32. The van der Waals surface area contributed by atoms with Gasteiger partial charge >= 0.3 is 0 Å². The third kappa shape index (κ3) is 3.07. The third-order valence-electron chi connectivity index (χ3n) is 5.59. The van der Waals surface area contributed by atoms with Gasteiger partial charge in [-0.05, 0) is 55.5 Å². The van der Waals surface area contributed by atoms with Gasteiger partial charge in [0.05, 0.1) is 5.52 Å². The van der Waals surface area contributed by atoms with E-state index >= 15 is 0 Å². The fourth-order valence-corrected chi connectivity index (χ4v) is 4.18. The third-order valence-corrected chi connectivity index (χ3v) is 5.59. The second-order valence-electron chi connectivity index (χ2n) is 7.38. The fraction of sp³-hybridized carbons (Fsp3) is 0.286. The zero-order valence-electron chi connectivity index (χ0n) is 15.0. The first-order valence-electron chi connectivity index (χ1n) is 9.43. The molecule has 4 aromatic rings. The lowest BCUT2D eigenvalue weighted by atomic mass is 10.1. The molecule has 3 N–H and O–H groups in total. The molecule has 1 aliphatic rings. The molecular formula is C21H22N6. The summed E-state index contributed by atoms with van der Waals surface area (Å²) in [5.41, 5.74) is 8.88. The van der Waals surface area contributed by atoms with E-state index in [0.717, 1.165) is 34.2 Å². The molecule has 0 amide bonds. The lowest BCUT2D eigenvalue weighted by Crippen LogP contribution is -2.12. The maximum atomic E-state index is 5.81. The Kier molecular flexibility index (Phi) is 3.89. The molecule has 5 rings (SSSR count). The molecule has 2 atom stereocenters. The van der Waals surface area contributed by atoms with Gasteiger partial charge in [0.15, 0.2) is 0 Å². The topological polar surface area (TPSA) is 81.6 Å². The van der Waals surface area contributed by atoms with Gasteiger partial charge < -0.3 is 15.6 Å². The highest BCUT2D eigenvalue weighted by Crippen LogP contribution is 2.36. The van der Waals surface area contributed by atoms with E-state index < -0.39 is 0 Å². The summed E-state index contributed by atoms with van der Waals surface area (Å²) in [6.45, 7) is 0.971. The van der Waals surface area contributed by atoms with Gasteiger partial charge in [-0.15, -0.1) is 0 Å². The second-order valence-corrected chi connectivity index (χ2v) is 7.38. The highest BCUT2D eigenvalue weighted by Gasteiger charge is 2.26. The zero-order valence-corrected chi connectivity index (χ0v) is 15.0. The van der Waals surface area contributed by atoms with Crippen molar-refractivity contribution in [2.75, 3.05) is 17.6 Å². The molecule has 0 radical (unpaired) electrons. The quantitative estimate of drug-likeness (QED) is 0.576. The number of benzene rings is 1. The standard InChI is InChI=1S/C21H22N6/c22-20-6-3-15-2-4-17(10-19(15)26-20)24-11-14-1-5-18(9-14)27-8-7-16-12-23-13-25-21(16)27/h2-4,6-8,10,12-14,18,24H,1,5,9,11H2,(H2,22,26). The smallest absolute Gasteiger partial charge is 0.143 e. The summed E-state index contributed by atoms with van der Waals surface area (Å²) in [7, 11) is 0. The van der Waals surface area contributed by atoms with Crippen molar-refractivity contribution in [2.45, 2.75) is 25.3 Å². The Morgan fingerprint density at radius 1 is 1.11 bits per heavy atom. The van der Waals surface area contributed by atoms with Gasteiger partial charge in [-0.2, -0.15) is 0 Å². The molecule has 0 aliphatic heterocycles. The molecular weight excluding hydrogens is 336 g/mol. The SMILES string of the molecule is Nc1ccc2ccc(NCC3CCC(n4ccc5cncnc54)C3)cc2n1. The monoisotopic (exact) mass is 358 g/mol. The van der Waals surface area contributed by atoms with Crippen molar-refractivity contribution in [1.29, 1.82) is 0 Å². The van der Waals surface area contributed by atoms with Crippen molar-refractivity contribution in [1.82, 2.24) is 19.5 Å². The predicted molar refractivity (Wildman–Crippen MR) is 109 cm³/mol. The van der Waals surface area contributed by atoms with Crippen molar-refractivity contribution in [2.24, 2.45) is 5.92 Å². The summed E-state index contributed by atoms with van der Waals surface area (Å²) in [6, 6.07) is 12.7. The molecule has 1 saturated carbocycles. The maximum Gasteiger partial charge on any atom is 0.143 e. The van der Waals surface area contributed by atoms with Crippen molar-refractivity contribution in [3.8, 4) is 0 Å². The van der Waals surface area contributed by atoms with Gasteiger partial charge in [0.25, 0.3) is 0 Å². The molecule has 3 heterocycles. The summed E-state index contributed by atoms with van der Waals surface area (Å²) in [4.78, 5) is 13.0. The Bertz CT molecular complexity index is 1100. The number of fused-ring (bicyclic) bond motifs is 2. The van der Waals surface area contributed by atoms with Crippen LogP contribution in [-0.2, 0) is 0 Å². The maximum absolute atomic E-state index is 5.81. The Morgan fingerprint density at radius 3 is 3.00 bits per heavy atom. The summed E-state index contributed by atoms with van der Waals surface area (Å²) >= 11 is 0. The van der Waals surface area contributed by atoms with E-state index in [2.05, 4.69) is 55.3 Å². The molecule has 0 spiro atoms. The number of aromatic nitrogens is 4. The van der Waals surface area contributed by atoms with Crippen LogP contribution in [0.25, 0.3) is 21.9 Å². The van der Waals surface area contributed by atoms with Gasteiger partial charge in [-0.25, -0.2) is 15.0 Å². The highest BCUT2D eigenvalue weighted by molar-refractivity contribution is 5.83. The van der Waals surface area contributed by atoms with Crippen molar-refractivity contribution in [3.63, 3.8) is 0 Å². The normalized spacial score (nSPS) is 19.7. The van der Waals surface area contributed by atoms with E-state index in [-0.39, 0.29) is 0 Å². The largest absolute Gasteiger partial charge is 0.385 e. The van der Waals surface area contributed by atoms with Crippen LogP contribution in [0.1, 0.15) is 25.3 Å². The van der Waals surface area contributed by atoms with Crippen LogP contribution in [0.15, 0.2) is 55.1 Å². The first-order valence-corrected chi connectivity index (χ1v) is 9.43. The summed E-state index contributed by atoms with van der Waals surface area (Å²) in [5.74, 6) is 1.21. The molecule has 0 bridgehead atoms. The Hall–Kier alpha value is -3.15. The van der Waals surface area contributed by atoms with E-state index in [1.54, 1.807) is 6.33 Å². The van der Waals surface area contributed by atoms with Crippen LogP contribution >= 0.6 is 0 Å². The van der Waals surface area contributed by atoms with Gasteiger partial charge in [-0.1, -0.05) is 6.07 Å². The number of nitrogens with two attached hydrogens (primary N) is 1. The Morgan fingerprint density at radius 2 is 2.04 bits per heavy atom. The van der Waals surface area contributed by atoms with E-state index in [0.29, 0.717) is 17.8 Å². The molecule has 0 saturated heterocycles.